The minimum absolute atomic E-state index is 0.0248. The second-order valence-corrected chi connectivity index (χ2v) is 12.1. The zero-order valence-electron chi connectivity index (χ0n) is 26.1. The first-order chi connectivity index (χ1) is 21.2. The predicted molar refractivity (Wildman–Crippen MR) is 167 cm³/mol. The number of aryl methyl sites for hydroxylation is 1. The average Bonchev–Trinajstić information content (AvgIpc) is 3.03. The number of methoxy groups -OCH3 is 1. The molecule has 10 heteroatoms. The molecule has 4 N–H and O–H groups in total. The molecule has 0 unspecified atom stereocenters. The number of carbonyl (C=O) groups excluding carboxylic acids is 4. The molecule has 2 aromatic carbocycles. The highest BCUT2D eigenvalue weighted by atomic mass is 16.5. The van der Waals surface area contributed by atoms with Gasteiger partial charge in [0.2, 0.25) is 17.7 Å². The van der Waals surface area contributed by atoms with E-state index < -0.39 is 17.5 Å². The maximum absolute atomic E-state index is 13.7. The SMILES string of the molecule is COc1cccc(CCCNC(=O)[C@@H]2CCC(=O)NC3(CCCCC3)C(=O)N[C@H](C(C)C)COc3ccccc3C(=O)N2)c1. The highest BCUT2D eigenvalue weighted by Gasteiger charge is 2.42. The molecule has 238 valence electrons. The summed E-state index contributed by atoms with van der Waals surface area (Å²) in [6.07, 6.45) is 5.25. The van der Waals surface area contributed by atoms with Gasteiger partial charge in [0.05, 0.1) is 18.7 Å². The van der Waals surface area contributed by atoms with Crippen LogP contribution in [0.15, 0.2) is 48.5 Å². The van der Waals surface area contributed by atoms with Crippen LogP contribution < -0.4 is 30.7 Å². The van der Waals surface area contributed by atoms with Crippen LogP contribution in [0.3, 0.4) is 0 Å². The number of fused-ring (bicyclic) bond motifs is 1. The third-order valence-corrected chi connectivity index (χ3v) is 8.55. The number of rotatable bonds is 7. The Morgan fingerprint density at radius 1 is 1.05 bits per heavy atom. The van der Waals surface area contributed by atoms with Crippen molar-refractivity contribution < 1.29 is 28.7 Å². The van der Waals surface area contributed by atoms with Gasteiger partial charge >= 0.3 is 0 Å². The lowest BCUT2D eigenvalue weighted by Gasteiger charge is -2.38. The van der Waals surface area contributed by atoms with Crippen LogP contribution in [0, 0.1) is 5.92 Å². The molecule has 4 rings (SSSR count). The fourth-order valence-electron chi connectivity index (χ4n) is 5.80. The molecule has 2 aliphatic rings. The first kappa shape index (κ1) is 32.8. The zero-order valence-corrected chi connectivity index (χ0v) is 26.1. The smallest absolute Gasteiger partial charge is 0.255 e. The number of benzene rings is 2. The van der Waals surface area contributed by atoms with Gasteiger partial charge in [0.1, 0.15) is 29.7 Å². The fraction of sp³-hybridized carbons (Fsp3) is 0.529. The lowest BCUT2D eigenvalue weighted by Crippen LogP contribution is -2.62. The lowest BCUT2D eigenvalue weighted by molar-refractivity contribution is -0.136. The Kier molecular flexibility index (Phi) is 11.6. The molecule has 1 aliphatic carbocycles. The Bertz CT molecular complexity index is 1310. The van der Waals surface area contributed by atoms with Gasteiger partial charge in [0.15, 0.2) is 0 Å². The summed E-state index contributed by atoms with van der Waals surface area (Å²) in [5.74, 6) is -0.191. The molecule has 1 aliphatic heterocycles. The second kappa shape index (κ2) is 15.6. The highest BCUT2D eigenvalue weighted by molar-refractivity contribution is 6.00. The Labute approximate surface area is 260 Å². The molecule has 2 aromatic rings. The van der Waals surface area contributed by atoms with Gasteiger partial charge in [0.25, 0.3) is 5.91 Å². The molecular weight excluding hydrogens is 560 g/mol. The molecule has 2 atom stereocenters. The number of nitrogens with one attached hydrogen (secondary N) is 4. The number of hydrogen-bond acceptors (Lipinski definition) is 6. The predicted octanol–water partition coefficient (Wildman–Crippen LogP) is 3.68. The van der Waals surface area contributed by atoms with Crippen molar-refractivity contribution in [3.05, 3.63) is 59.7 Å². The van der Waals surface area contributed by atoms with Gasteiger partial charge in [-0.25, -0.2) is 0 Å². The van der Waals surface area contributed by atoms with E-state index in [1.54, 1.807) is 31.4 Å². The summed E-state index contributed by atoms with van der Waals surface area (Å²) in [5, 5.41) is 11.9. The molecule has 1 saturated carbocycles. The largest absolute Gasteiger partial charge is 0.497 e. The van der Waals surface area contributed by atoms with Crippen molar-refractivity contribution >= 4 is 23.6 Å². The highest BCUT2D eigenvalue weighted by Crippen LogP contribution is 2.29. The van der Waals surface area contributed by atoms with Crippen LogP contribution in [0.5, 0.6) is 11.5 Å². The van der Waals surface area contributed by atoms with Crippen molar-refractivity contribution in [3.8, 4) is 11.5 Å². The van der Waals surface area contributed by atoms with E-state index in [9.17, 15) is 19.2 Å². The van der Waals surface area contributed by atoms with E-state index in [1.165, 1.54) is 0 Å². The van der Waals surface area contributed by atoms with E-state index in [-0.39, 0.29) is 54.7 Å². The van der Waals surface area contributed by atoms with Crippen LogP contribution in [0.25, 0.3) is 0 Å². The van der Waals surface area contributed by atoms with Gasteiger partial charge in [-0.15, -0.1) is 0 Å². The van der Waals surface area contributed by atoms with Gasteiger partial charge in [-0.3, -0.25) is 19.2 Å². The maximum Gasteiger partial charge on any atom is 0.255 e. The summed E-state index contributed by atoms with van der Waals surface area (Å²) in [6, 6.07) is 13.3. The van der Waals surface area contributed by atoms with Crippen molar-refractivity contribution in [1.29, 1.82) is 0 Å². The standard InChI is InChI=1S/C34H46N4O6/c1-23(2)28-22-44-29-15-6-5-14-26(29)31(40)36-27(32(41)35-20-10-12-24-11-9-13-25(21-24)43-3)16-17-30(39)38-34(33(42)37-28)18-7-4-8-19-34/h5-6,9,11,13-15,21,23,27-28H,4,7-8,10,12,16-20,22H2,1-3H3,(H,35,41)(H,36,40)(H,37,42)(H,38,39)/t27-,28-/m0/s1. The molecule has 1 spiro atoms. The Hall–Kier alpha value is -4.08. The molecule has 1 heterocycles. The van der Waals surface area contributed by atoms with Gasteiger partial charge in [-0.05, 0) is 67.9 Å². The molecule has 0 aromatic heterocycles. The average molecular weight is 607 g/mol. The van der Waals surface area contributed by atoms with Gasteiger partial charge in [-0.1, -0.05) is 57.4 Å². The minimum atomic E-state index is -1.01. The number of para-hydroxylation sites is 1. The van der Waals surface area contributed by atoms with Crippen LogP contribution in [0.4, 0.5) is 0 Å². The van der Waals surface area contributed by atoms with Crippen LogP contribution in [-0.2, 0) is 20.8 Å². The molecule has 0 saturated heterocycles. The molecule has 10 nitrogen and oxygen atoms in total. The third-order valence-electron chi connectivity index (χ3n) is 8.55. The summed E-state index contributed by atoms with van der Waals surface area (Å²) < 4.78 is 11.4. The van der Waals surface area contributed by atoms with Crippen molar-refractivity contribution in [2.75, 3.05) is 20.3 Å². The van der Waals surface area contributed by atoms with Crippen molar-refractivity contribution in [2.45, 2.75) is 89.3 Å². The summed E-state index contributed by atoms with van der Waals surface area (Å²) in [6.45, 7) is 4.53. The Balaban J connectivity index is 1.52. The summed E-state index contributed by atoms with van der Waals surface area (Å²) in [4.78, 5) is 53.9. The van der Waals surface area contributed by atoms with Crippen molar-refractivity contribution in [3.63, 3.8) is 0 Å². The van der Waals surface area contributed by atoms with Crippen LogP contribution in [-0.4, -0.2) is 61.5 Å². The number of amides is 4. The lowest BCUT2D eigenvalue weighted by atomic mass is 9.80. The molecule has 1 fully saturated rings. The first-order valence-electron chi connectivity index (χ1n) is 15.8. The Morgan fingerprint density at radius 3 is 2.57 bits per heavy atom. The van der Waals surface area contributed by atoms with Crippen LogP contribution in [0.2, 0.25) is 0 Å². The van der Waals surface area contributed by atoms with E-state index in [0.29, 0.717) is 31.6 Å². The van der Waals surface area contributed by atoms with E-state index in [4.69, 9.17) is 9.47 Å². The summed E-state index contributed by atoms with van der Waals surface area (Å²) in [7, 11) is 1.62. The van der Waals surface area contributed by atoms with Crippen LogP contribution >= 0.6 is 0 Å². The quantitative estimate of drug-likeness (QED) is 0.356. The molecule has 0 bridgehead atoms. The maximum atomic E-state index is 13.7. The first-order valence-corrected chi connectivity index (χ1v) is 15.8. The topological polar surface area (TPSA) is 135 Å². The second-order valence-electron chi connectivity index (χ2n) is 12.1. The van der Waals surface area contributed by atoms with E-state index in [0.717, 1.165) is 37.0 Å². The van der Waals surface area contributed by atoms with Crippen molar-refractivity contribution in [1.82, 2.24) is 21.3 Å². The number of hydrogen-bond donors (Lipinski definition) is 4. The molecule has 0 radical (unpaired) electrons. The number of carbonyl (C=O) groups is 4. The van der Waals surface area contributed by atoms with Crippen LogP contribution in [0.1, 0.15) is 81.1 Å². The fourth-order valence-corrected chi connectivity index (χ4v) is 5.80. The summed E-state index contributed by atoms with van der Waals surface area (Å²) in [5.41, 5.74) is 0.358. The van der Waals surface area contributed by atoms with E-state index in [1.807, 2.05) is 38.1 Å². The third kappa shape index (κ3) is 8.74. The summed E-state index contributed by atoms with van der Waals surface area (Å²) >= 11 is 0. The monoisotopic (exact) mass is 606 g/mol. The molecular formula is C34H46N4O6. The van der Waals surface area contributed by atoms with E-state index >= 15 is 0 Å². The number of ether oxygens (including phenoxy) is 2. The molecule has 44 heavy (non-hydrogen) atoms. The van der Waals surface area contributed by atoms with Gasteiger partial charge in [-0.2, -0.15) is 0 Å². The van der Waals surface area contributed by atoms with E-state index in [2.05, 4.69) is 21.3 Å². The Morgan fingerprint density at radius 2 is 1.82 bits per heavy atom. The van der Waals surface area contributed by atoms with Gasteiger partial charge < -0.3 is 30.7 Å². The van der Waals surface area contributed by atoms with Gasteiger partial charge in [0, 0.05) is 13.0 Å². The molecule has 4 amide bonds. The zero-order chi connectivity index (χ0) is 31.5. The minimum Gasteiger partial charge on any atom is -0.497 e. The normalized spacial score (nSPS) is 21.0. The van der Waals surface area contributed by atoms with Crippen molar-refractivity contribution in [2.24, 2.45) is 5.92 Å².